The normalized spacial score (nSPS) is 16.3. The van der Waals surface area contributed by atoms with E-state index in [1.165, 1.54) is 0 Å². The Morgan fingerprint density at radius 1 is 1.13 bits per heavy atom. The van der Waals surface area contributed by atoms with Gasteiger partial charge >= 0.3 is 0 Å². The van der Waals surface area contributed by atoms with Crippen molar-refractivity contribution in [3.05, 3.63) is 64.3 Å². The van der Waals surface area contributed by atoms with E-state index in [1.54, 1.807) is 22.7 Å². The van der Waals surface area contributed by atoms with Crippen LogP contribution in [0.4, 0.5) is 10.2 Å². The van der Waals surface area contributed by atoms with Gasteiger partial charge in [-0.05, 0) is 74.2 Å². The van der Waals surface area contributed by atoms with E-state index in [4.69, 9.17) is 4.98 Å². The molecular weight excluding hydrogens is 391 g/mol. The molecule has 1 aliphatic heterocycles. The number of aromatic nitrogens is 2. The van der Waals surface area contributed by atoms with Crippen molar-refractivity contribution in [1.29, 1.82) is 0 Å². The molecule has 5 nitrogen and oxygen atoms in total. The number of fused-ring (bicyclic) bond motifs is 1. The Labute approximate surface area is 183 Å². The lowest BCUT2D eigenvalue weighted by Gasteiger charge is -2.35. The van der Waals surface area contributed by atoms with E-state index in [0.717, 1.165) is 54.9 Å². The van der Waals surface area contributed by atoms with Crippen molar-refractivity contribution in [3.63, 3.8) is 0 Å². The second-order valence-corrected chi connectivity index (χ2v) is 8.83. The van der Waals surface area contributed by atoms with Gasteiger partial charge in [-0.15, -0.1) is 0 Å². The molecule has 0 spiro atoms. The number of nitrogens with zero attached hydrogens (tertiary/aromatic N) is 4. The van der Waals surface area contributed by atoms with Crippen LogP contribution in [0.1, 0.15) is 44.6 Å². The first-order valence-electron chi connectivity index (χ1n) is 11.1. The van der Waals surface area contributed by atoms with Crippen LogP contribution in [0.3, 0.4) is 0 Å². The van der Waals surface area contributed by atoms with Crippen LogP contribution < -0.4 is 10.5 Å². The topological polar surface area (TPSA) is 40.9 Å². The fraction of sp³-hybridized carbons (Fsp3) is 0.440. The molecule has 1 fully saturated rings. The first kappa shape index (κ1) is 21.5. The minimum Gasteiger partial charge on any atom is -0.356 e. The van der Waals surface area contributed by atoms with E-state index < -0.39 is 0 Å². The van der Waals surface area contributed by atoms with Gasteiger partial charge in [0.15, 0.2) is 0 Å². The molecule has 3 heterocycles. The standard InChI is InChI=1S/C25H31FN4O/c1-5-17(2)21-8-6-18(14-22(21)26)19-7-9-23-27-24(15-25(31)30(23)16-19)29-12-10-20(11-13-29)28(3)4/h6-9,14-17,20H,5,10-13H2,1-4H3. The van der Waals surface area contributed by atoms with E-state index in [1.807, 2.05) is 31.2 Å². The lowest BCUT2D eigenvalue weighted by atomic mass is 9.95. The Morgan fingerprint density at radius 2 is 1.84 bits per heavy atom. The molecule has 1 aromatic carbocycles. The van der Waals surface area contributed by atoms with Gasteiger partial charge in [0.05, 0.1) is 0 Å². The van der Waals surface area contributed by atoms with Gasteiger partial charge in [0.25, 0.3) is 5.56 Å². The molecule has 0 amide bonds. The van der Waals surface area contributed by atoms with Crippen LogP contribution in [0.2, 0.25) is 0 Å². The Bertz CT molecular complexity index is 1130. The molecule has 1 aliphatic rings. The molecule has 3 aromatic rings. The lowest BCUT2D eigenvalue weighted by Crippen LogP contribution is -2.42. The molecule has 164 valence electrons. The highest BCUT2D eigenvalue weighted by molar-refractivity contribution is 5.65. The fourth-order valence-electron chi connectivity index (χ4n) is 4.36. The summed E-state index contributed by atoms with van der Waals surface area (Å²) in [4.78, 5) is 22.0. The molecule has 0 radical (unpaired) electrons. The number of halogens is 1. The first-order valence-corrected chi connectivity index (χ1v) is 11.1. The van der Waals surface area contributed by atoms with Crippen LogP contribution in [0.25, 0.3) is 16.8 Å². The number of benzene rings is 1. The maximum atomic E-state index is 14.6. The predicted octanol–water partition coefficient (Wildman–Crippen LogP) is 4.54. The van der Waals surface area contributed by atoms with E-state index in [-0.39, 0.29) is 17.3 Å². The minimum atomic E-state index is -0.200. The smallest absolute Gasteiger partial charge is 0.259 e. The van der Waals surface area contributed by atoms with Gasteiger partial charge < -0.3 is 9.80 Å². The van der Waals surface area contributed by atoms with Gasteiger partial charge in [0.1, 0.15) is 17.3 Å². The summed E-state index contributed by atoms with van der Waals surface area (Å²) in [6.45, 7) is 5.87. The second kappa shape index (κ2) is 8.79. The summed E-state index contributed by atoms with van der Waals surface area (Å²) in [6, 6.07) is 11.3. The van der Waals surface area contributed by atoms with Crippen LogP contribution in [-0.2, 0) is 0 Å². The van der Waals surface area contributed by atoms with Gasteiger partial charge in [-0.1, -0.05) is 26.0 Å². The van der Waals surface area contributed by atoms with Gasteiger partial charge in [-0.2, -0.15) is 0 Å². The summed E-state index contributed by atoms with van der Waals surface area (Å²) in [5.74, 6) is 0.714. The Hall–Kier alpha value is -2.73. The number of pyridine rings is 1. The summed E-state index contributed by atoms with van der Waals surface area (Å²) in [5.41, 5.74) is 2.78. The Balaban J connectivity index is 1.62. The van der Waals surface area contributed by atoms with Crippen molar-refractivity contribution in [1.82, 2.24) is 14.3 Å². The molecule has 0 bridgehead atoms. The second-order valence-electron chi connectivity index (χ2n) is 8.83. The lowest BCUT2D eigenvalue weighted by molar-refractivity contribution is 0.249. The molecular formula is C25H31FN4O. The quantitative estimate of drug-likeness (QED) is 0.605. The number of hydrogen-bond acceptors (Lipinski definition) is 4. The molecule has 0 aliphatic carbocycles. The molecule has 31 heavy (non-hydrogen) atoms. The summed E-state index contributed by atoms with van der Waals surface area (Å²) < 4.78 is 16.2. The molecule has 0 saturated carbocycles. The van der Waals surface area contributed by atoms with E-state index >= 15 is 0 Å². The molecule has 2 aromatic heterocycles. The van der Waals surface area contributed by atoms with Crippen LogP contribution in [-0.4, -0.2) is 47.5 Å². The summed E-state index contributed by atoms with van der Waals surface area (Å²) in [5, 5.41) is 0. The maximum absolute atomic E-state index is 14.6. The SMILES string of the molecule is CCC(C)c1ccc(-c2ccc3nc(N4CCC(N(C)C)CC4)cc(=O)n3c2)cc1F. The highest BCUT2D eigenvalue weighted by atomic mass is 19.1. The van der Waals surface area contributed by atoms with E-state index in [0.29, 0.717) is 11.7 Å². The number of piperidine rings is 1. The maximum Gasteiger partial charge on any atom is 0.259 e. The first-order chi connectivity index (χ1) is 14.9. The van der Waals surface area contributed by atoms with Gasteiger partial charge in [0, 0.05) is 31.4 Å². The van der Waals surface area contributed by atoms with Crippen molar-refractivity contribution in [3.8, 4) is 11.1 Å². The Morgan fingerprint density at radius 3 is 2.48 bits per heavy atom. The van der Waals surface area contributed by atoms with Crippen molar-refractivity contribution in [2.45, 2.75) is 45.1 Å². The average molecular weight is 423 g/mol. The zero-order chi connectivity index (χ0) is 22.1. The third kappa shape index (κ3) is 4.35. The van der Waals surface area contributed by atoms with Crippen molar-refractivity contribution < 1.29 is 4.39 Å². The third-order valence-corrected chi connectivity index (χ3v) is 6.64. The van der Waals surface area contributed by atoms with E-state index in [2.05, 4.69) is 30.8 Å². The van der Waals surface area contributed by atoms with Gasteiger partial charge in [-0.3, -0.25) is 9.20 Å². The molecule has 1 atom stereocenters. The molecule has 1 unspecified atom stereocenters. The van der Waals surface area contributed by atoms with Gasteiger partial charge in [0.2, 0.25) is 0 Å². The third-order valence-electron chi connectivity index (χ3n) is 6.64. The van der Waals surface area contributed by atoms with Crippen molar-refractivity contribution in [2.75, 3.05) is 32.1 Å². The Kier molecular flexibility index (Phi) is 6.10. The summed E-state index contributed by atoms with van der Waals surface area (Å²) >= 11 is 0. The largest absolute Gasteiger partial charge is 0.356 e. The molecule has 4 rings (SSSR count). The monoisotopic (exact) mass is 422 g/mol. The number of hydrogen-bond donors (Lipinski definition) is 0. The fourth-order valence-corrected chi connectivity index (χ4v) is 4.36. The summed E-state index contributed by atoms with van der Waals surface area (Å²) in [6.07, 6.45) is 4.77. The number of anilines is 1. The summed E-state index contributed by atoms with van der Waals surface area (Å²) in [7, 11) is 4.23. The average Bonchev–Trinajstić information content (AvgIpc) is 2.78. The van der Waals surface area contributed by atoms with Crippen LogP contribution in [0.15, 0.2) is 47.4 Å². The zero-order valence-corrected chi connectivity index (χ0v) is 18.8. The molecule has 0 N–H and O–H groups in total. The van der Waals surface area contributed by atoms with Crippen LogP contribution in [0, 0.1) is 5.82 Å². The number of rotatable bonds is 5. The van der Waals surface area contributed by atoms with Crippen molar-refractivity contribution >= 4 is 11.5 Å². The molecule has 6 heteroatoms. The highest BCUT2D eigenvalue weighted by Gasteiger charge is 2.22. The van der Waals surface area contributed by atoms with Crippen LogP contribution >= 0.6 is 0 Å². The van der Waals surface area contributed by atoms with Crippen LogP contribution in [0.5, 0.6) is 0 Å². The zero-order valence-electron chi connectivity index (χ0n) is 18.8. The van der Waals surface area contributed by atoms with Gasteiger partial charge in [-0.25, -0.2) is 9.37 Å². The molecule has 1 saturated heterocycles. The highest BCUT2D eigenvalue weighted by Crippen LogP contribution is 2.27. The van der Waals surface area contributed by atoms with Crippen molar-refractivity contribution in [2.24, 2.45) is 0 Å². The predicted molar refractivity (Wildman–Crippen MR) is 124 cm³/mol. The minimum absolute atomic E-state index is 0.117. The van der Waals surface area contributed by atoms with E-state index in [9.17, 15) is 9.18 Å².